The monoisotopic (exact) mass is 390 g/mol. The number of aromatic nitrogens is 2. The normalized spacial score (nSPS) is 16.4. The van der Waals surface area contributed by atoms with Gasteiger partial charge in [-0.3, -0.25) is 9.69 Å². The van der Waals surface area contributed by atoms with Gasteiger partial charge in [-0.2, -0.15) is 0 Å². The van der Waals surface area contributed by atoms with Crippen molar-refractivity contribution in [3.63, 3.8) is 0 Å². The Bertz CT molecular complexity index is 970. The molecular formula is C23H26N4O2. The van der Waals surface area contributed by atoms with Crippen LogP contribution in [0.1, 0.15) is 41.2 Å². The molecule has 3 aromatic rings. The molecule has 0 saturated carbocycles. The maximum Gasteiger partial charge on any atom is 0.253 e. The third-order valence-corrected chi connectivity index (χ3v) is 5.45. The Morgan fingerprint density at radius 3 is 2.62 bits per heavy atom. The molecule has 0 aliphatic carbocycles. The van der Waals surface area contributed by atoms with Crippen LogP contribution in [0.5, 0.6) is 0 Å². The summed E-state index contributed by atoms with van der Waals surface area (Å²) in [5, 5.41) is 8.48. The van der Waals surface area contributed by atoms with Crippen LogP contribution in [-0.4, -0.2) is 52.1 Å². The van der Waals surface area contributed by atoms with Crippen LogP contribution in [0.25, 0.3) is 11.5 Å². The van der Waals surface area contributed by atoms with Crippen LogP contribution in [0.4, 0.5) is 0 Å². The summed E-state index contributed by atoms with van der Waals surface area (Å²) in [6, 6.07) is 17.6. The molecule has 1 fully saturated rings. The highest BCUT2D eigenvalue weighted by Gasteiger charge is 2.26. The average Bonchev–Trinajstić information content (AvgIpc) is 3.12. The largest absolute Gasteiger partial charge is 0.419 e. The third kappa shape index (κ3) is 4.38. The van der Waals surface area contributed by atoms with E-state index in [1.54, 1.807) is 0 Å². The lowest BCUT2D eigenvalue weighted by Gasteiger charge is -2.25. The van der Waals surface area contributed by atoms with E-state index in [4.69, 9.17) is 4.42 Å². The molecule has 0 spiro atoms. The predicted molar refractivity (Wildman–Crippen MR) is 111 cm³/mol. The Kier molecular flexibility index (Phi) is 5.71. The molecule has 0 N–H and O–H groups in total. The van der Waals surface area contributed by atoms with E-state index in [1.165, 1.54) is 0 Å². The molecule has 29 heavy (non-hydrogen) atoms. The molecule has 1 aliphatic heterocycles. The van der Waals surface area contributed by atoms with Crippen molar-refractivity contribution >= 4 is 5.91 Å². The number of hydrogen-bond acceptors (Lipinski definition) is 5. The maximum absolute atomic E-state index is 12.9. The second-order valence-electron chi connectivity index (χ2n) is 7.54. The standard InChI is InChI=1S/C23H26N4O2/c1-17-8-6-11-20(16-17)23(28)27-13-7-12-26(14-15-27)18(2)21-24-25-22(29-21)19-9-4-3-5-10-19/h3-6,8-11,16,18H,7,12-15H2,1-2H3. The number of amides is 1. The third-order valence-electron chi connectivity index (χ3n) is 5.45. The average molecular weight is 390 g/mol. The van der Waals surface area contributed by atoms with E-state index >= 15 is 0 Å². The quantitative estimate of drug-likeness (QED) is 0.675. The molecule has 0 bridgehead atoms. The minimum absolute atomic E-state index is 0.00832. The lowest BCUT2D eigenvalue weighted by atomic mass is 10.1. The van der Waals surface area contributed by atoms with Crippen LogP contribution in [0.2, 0.25) is 0 Å². The first-order valence-corrected chi connectivity index (χ1v) is 10.1. The minimum Gasteiger partial charge on any atom is -0.419 e. The smallest absolute Gasteiger partial charge is 0.253 e. The molecule has 6 nitrogen and oxygen atoms in total. The Labute approximate surface area is 171 Å². The van der Waals surface area contributed by atoms with E-state index in [1.807, 2.05) is 66.4 Å². The van der Waals surface area contributed by atoms with Crippen LogP contribution in [0.15, 0.2) is 59.0 Å². The highest BCUT2D eigenvalue weighted by molar-refractivity contribution is 5.94. The number of carbonyl (C=O) groups excluding carboxylic acids is 1. The van der Waals surface area contributed by atoms with E-state index < -0.39 is 0 Å². The van der Waals surface area contributed by atoms with E-state index in [-0.39, 0.29) is 11.9 Å². The summed E-state index contributed by atoms with van der Waals surface area (Å²) in [5.74, 6) is 1.26. The van der Waals surface area contributed by atoms with Gasteiger partial charge in [-0.1, -0.05) is 35.9 Å². The van der Waals surface area contributed by atoms with E-state index in [2.05, 4.69) is 22.0 Å². The molecule has 4 rings (SSSR count). The summed E-state index contributed by atoms with van der Waals surface area (Å²) < 4.78 is 5.94. The first-order chi connectivity index (χ1) is 14.1. The number of nitrogens with zero attached hydrogens (tertiary/aromatic N) is 4. The minimum atomic E-state index is 0.00832. The second-order valence-corrected chi connectivity index (χ2v) is 7.54. The Hall–Kier alpha value is -2.99. The van der Waals surface area contributed by atoms with Gasteiger partial charge in [0.15, 0.2) is 0 Å². The van der Waals surface area contributed by atoms with Gasteiger partial charge in [0, 0.05) is 37.3 Å². The molecule has 1 aliphatic rings. The number of aryl methyl sites for hydroxylation is 1. The lowest BCUT2D eigenvalue weighted by Crippen LogP contribution is -2.36. The number of rotatable bonds is 4. The summed E-state index contributed by atoms with van der Waals surface area (Å²) in [6.45, 7) is 7.21. The molecule has 150 valence electrons. The van der Waals surface area contributed by atoms with Crippen LogP contribution in [-0.2, 0) is 0 Å². The van der Waals surface area contributed by atoms with Crippen molar-refractivity contribution < 1.29 is 9.21 Å². The van der Waals surface area contributed by atoms with Crippen molar-refractivity contribution in [2.24, 2.45) is 0 Å². The molecule has 6 heteroatoms. The number of hydrogen-bond donors (Lipinski definition) is 0. The zero-order valence-electron chi connectivity index (χ0n) is 16.9. The SMILES string of the molecule is Cc1cccc(C(=O)N2CCCN(C(C)c3nnc(-c4ccccc4)o3)CC2)c1. The fourth-order valence-electron chi connectivity index (χ4n) is 3.75. The number of benzene rings is 2. The van der Waals surface area contributed by atoms with Crippen LogP contribution < -0.4 is 0 Å². The summed E-state index contributed by atoms with van der Waals surface area (Å²) in [6.07, 6.45) is 0.918. The van der Waals surface area contributed by atoms with Gasteiger partial charge in [-0.25, -0.2) is 0 Å². The Morgan fingerprint density at radius 1 is 1.00 bits per heavy atom. The molecule has 1 amide bonds. The summed E-state index contributed by atoms with van der Waals surface area (Å²) >= 11 is 0. The summed E-state index contributed by atoms with van der Waals surface area (Å²) in [7, 11) is 0. The lowest BCUT2D eigenvalue weighted by molar-refractivity contribution is 0.0757. The van der Waals surface area contributed by atoms with Gasteiger partial charge in [0.05, 0.1) is 6.04 Å². The highest BCUT2D eigenvalue weighted by Crippen LogP contribution is 2.25. The first-order valence-electron chi connectivity index (χ1n) is 10.1. The van der Waals surface area contributed by atoms with Crippen molar-refractivity contribution in [3.8, 4) is 11.5 Å². The predicted octanol–water partition coefficient (Wildman–Crippen LogP) is 3.95. The van der Waals surface area contributed by atoms with Crippen molar-refractivity contribution in [1.82, 2.24) is 20.0 Å². The van der Waals surface area contributed by atoms with E-state index in [0.717, 1.165) is 42.7 Å². The van der Waals surface area contributed by atoms with Gasteiger partial charge < -0.3 is 9.32 Å². The van der Waals surface area contributed by atoms with Gasteiger partial charge >= 0.3 is 0 Å². The maximum atomic E-state index is 12.9. The van der Waals surface area contributed by atoms with Gasteiger partial charge in [0.2, 0.25) is 11.8 Å². The van der Waals surface area contributed by atoms with Crippen LogP contribution in [0, 0.1) is 6.92 Å². The molecule has 2 heterocycles. The van der Waals surface area contributed by atoms with Crippen molar-refractivity contribution in [2.75, 3.05) is 26.2 Å². The van der Waals surface area contributed by atoms with Crippen LogP contribution >= 0.6 is 0 Å². The molecule has 1 atom stereocenters. The fraction of sp³-hybridized carbons (Fsp3) is 0.348. The van der Waals surface area contributed by atoms with E-state index in [9.17, 15) is 4.79 Å². The van der Waals surface area contributed by atoms with Crippen molar-refractivity contribution in [1.29, 1.82) is 0 Å². The molecule has 1 unspecified atom stereocenters. The zero-order valence-corrected chi connectivity index (χ0v) is 16.9. The van der Waals surface area contributed by atoms with Crippen molar-refractivity contribution in [2.45, 2.75) is 26.3 Å². The van der Waals surface area contributed by atoms with Crippen LogP contribution in [0.3, 0.4) is 0 Å². The first kappa shape index (κ1) is 19.3. The van der Waals surface area contributed by atoms with Gasteiger partial charge in [0.25, 0.3) is 5.91 Å². The second kappa shape index (κ2) is 8.57. The Morgan fingerprint density at radius 2 is 1.83 bits per heavy atom. The molecular weight excluding hydrogens is 364 g/mol. The highest BCUT2D eigenvalue weighted by atomic mass is 16.4. The zero-order chi connectivity index (χ0) is 20.2. The Balaban J connectivity index is 1.42. The molecule has 1 aromatic heterocycles. The number of carbonyl (C=O) groups is 1. The molecule has 0 radical (unpaired) electrons. The summed E-state index contributed by atoms with van der Waals surface area (Å²) in [4.78, 5) is 17.1. The van der Waals surface area contributed by atoms with E-state index in [0.29, 0.717) is 18.3 Å². The summed E-state index contributed by atoms with van der Waals surface area (Å²) in [5.41, 5.74) is 2.78. The fourth-order valence-corrected chi connectivity index (χ4v) is 3.75. The van der Waals surface area contributed by atoms with Gasteiger partial charge in [0.1, 0.15) is 0 Å². The van der Waals surface area contributed by atoms with Gasteiger partial charge in [-0.05, 0) is 44.5 Å². The van der Waals surface area contributed by atoms with Crippen molar-refractivity contribution in [3.05, 3.63) is 71.6 Å². The molecule has 1 saturated heterocycles. The molecule has 2 aromatic carbocycles. The van der Waals surface area contributed by atoms with Gasteiger partial charge in [-0.15, -0.1) is 10.2 Å². The topological polar surface area (TPSA) is 62.5 Å².